The SMILES string of the molecule is C1CCCCC1.CC(C)OC(F)(F)C1CCC(C)(C)CC1. The highest BCUT2D eigenvalue weighted by Crippen LogP contribution is 2.44. The summed E-state index contributed by atoms with van der Waals surface area (Å²) < 4.78 is 31.9. The van der Waals surface area contributed by atoms with Gasteiger partial charge in [-0.05, 0) is 44.9 Å². The van der Waals surface area contributed by atoms with Crippen molar-refractivity contribution in [1.29, 1.82) is 0 Å². The van der Waals surface area contributed by atoms with Crippen LogP contribution >= 0.6 is 0 Å². The zero-order valence-corrected chi connectivity index (χ0v) is 14.4. The van der Waals surface area contributed by atoms with Crippen molar-refractivity contribution in [1.82, 2.24) is 0 Å². The maximum absolute atomic E-state index is 13.6. The fourth-order valence-electron chi connectivity index (χ4n) is 3.21. The molecule has 0 atom stereocenters. The highest BCUT2D eigenvalue weighted by Gasteiger charge is 2.44. The third-order valence-electron chi connectivity index (χ3n) is 4.71. The molecule has 0 bridgehead atoms. The van der Waals surface area contributed by atoms with Crippen molar-refractivity contribution in [2.75, 3.05) is 0 Å². The molecule has 2 aliphatic rings. The number of ether oxygens (including phenoxy) is 1. The van der Waals surface area contributed by atoms with E-state index in [9.17, 15) is 8.78 Å². The summed E-state index contributed by atoms with van der Waals surface area (Å²) in [5.41, 5.74) is 0.227. The van der Waals surface area contributed by atoms with Crippen LogP contribution in [0.4, 0.5) is 8.78 Å². The van der Waals surface area contributed by atoms with E-state index in [1.54, 1.807) is 13.8 Å². The average Bonchev–Trinajstić information content (AvgIpc) is 2.39. The first-order valence-electron chi connectivity index (χ1n) is 8.78. The molecule has 2 aliphatic carbocycles. The van der Waals surface area contributed by atoms with E-state index in [1.165, 1.54) is 38.5 Å². The molecule has 0 amide bonds. The fourth-order valence-corrected chi connectivity index (χ4v) is 3.21. The first-order valence-corrected chi connectivity index (χ1v) is 8.78. The van der Waals surface area contributed by atoms with Crippen molar-refractivity contribution in [3.8, 4) is 0 Å². The van der Waals surface area contributed by atoms with E-state index in [0.29, 0.717) is 12.8 Å². The van der Waals surface area contributed by atoms with Crippen LogP contribution in [0.2, 0.25) is 0 Å². The lowest BCUT2D eigenvalue weighted by Gasteiger charge is -2.37. The van der Waals surface area contributed by atoms with Gasteiger partial charge in [0.1, 0.15) is 0 Å². The Balaban J connectivity index is 0.000000304. The molecule has 2 fully saturated rings. The second-order valence-electron chi connectivity index (χ2n) is 7.79. The molecule has 126 valence electrons. The van der Waals surface area contributed by atoms with Gasteiger partial charge in [-0.3, -0.25) is 0 Å². The smallest absolute Gasteiger partial charge is 0.318 e. The average molecular weight is 304 g/mol. The van der Waals surface area contributed by atoms with Crippen molar-refractivity contribution in [3.05, 3.63) is 0 Å². The number of halogens is 2. The topological polar surface area (TPSA) is 9.23 Å². The van der Waals surface area contributed by atoms with E-state index in [0.717, 1.165) is 12.8 Å². The monoisotopic (exact) mass is 304 g/mol. The van der Waals surface area contributed by atoms with Crippen LogP contribution in [0.25, 0.3) is 0 Å². The zero-order chi connectivity index (χ0) is 15.9. The lowest BCUT2D eigenvalue weighted by Crippen LogP contribution is -2.37. The van der Waals surface area contributed by atoms with Crippen molar-refractivity contribution in [2.45, 2.75) is 104 Å². The number of hydrogen-bond acceptors (Lipinski definition) is 1. The highest BCUT2D eigenvalue weighted by atomic mass is 19.3. The molecule has 0 aromatic carbocycles. The van der Waals surface area contributed by atoms with Gasteiger partial charge in [0.25, 0.3) is 0 Å². The second kappa shape index (κ2) is 8.45. The van der Waals surface area contributed by atoms with Gasteiger partial charge in [-0.1, -0.05) is 52.4 Å². The summed E-state index contributed by atoms with van der Waals surface area (Å²) in [5, 5.41) is 0. The van der Waals surface area contributed by atoms with Crippen molar-refractivity contribution >= 4 is 0 Å². The van der Waals surface area contributed by atoms with Crippen LogP contribution in [-0.4, -0.2) is 12.2 Å². The predicted molar refractivity (Wildman–Crippen MR) is 84.6 cm³/mol. The first kappa shape index (κ1) is 18.9. The molecule has 0 N–H and O–H groups in total. The van der Waals surface area contributed by atoms with Crippen molar-refractivity contribution in [3.63, 3.8) is 0 Å². The standard InChI is InChI=1S/C12H22F2O.C6H12/c1-9(2)15-12(13,14)10-5-7-11(3,4)8-6-10;1-2-4-6-5-3-1/h9-10H,5-8H2,1-4H3;1-6H2. The van der Waals surface area contributed by atoms with Gasteiger partial charge in [0.2, 0.25) is 0 Å². The molecule has 0 unspecified atom stereocenters. The van der Waals surface area contributed by atoms with Crippen LogP contribution in [0, 0.1) is 11.3 Å². The molecule has 0 heterocycles. The van der Waals surface area contributed by atoms with E-state index in [4.69, 9.17) is 4.74 Å². The Morgan fingerprint density at radius 2 is 1.29 bits per heavy atom. The molecule has 0 spiro atoms. The third-order valence-corrected chi connectivity index (χ3v) is 4.71. The van der Waals surface area contributed by atoms with Crippen LogP contribution in [0.5, 0.6) is 0 Å². The zero-order valence-electron chi connectivity index (χ0n) is 14.4. The molecule has 0 aromatic heterocycles. The van der Waals surface area contributed by atoms with Gasteiger partial charge < -0.3 is 4.74 Å². The van der Waals surface area contributed by atoms with Gasteiger partial charge in [0.15, 0.2) is 0 Å². The van der Waals surface area contributed by atoms with E-state index < -0.39 is 18.1 Å². The highest BCUT2D eigenvalue weighted by molar-refractivity contribution is 4.82. The Bertz CT molecular complexity index is 261. The lowest BCUT2D eigenvalue weighted by molar-refractivity contribution is -0.293. The van der Waals surface area contributed by atoms with Gasteiger partial charge in [0.05, 0.1) is 12.0 Å². The number of hydrogen-bond donors (Lipinski definition) is 0. The Morgan fingerprint density at radius 1 is 0.905 bits per heavy atom. The van der Waals surface area contributed by atoms with E-state index in [2.05, 4.69) is 13.8 Å². The molecule has 0 aromatic rings. The maximum atomic E-state index is 13.6. The molecule has 0 aliphatic heterocycles. The minimum Gasteiger partial charge on any atom is -0.318 e. The number of alkyl halides is 2. The van der Waals surface area contributed by atoms with Gasteiger partial charge >= 0.3 is 6.11 Å². The Kier molecular flexibility index (Phi) is 7.59. The van der Waals surface area contributed by atoms with E-state index in [1.807, 2.05) is 0 Å². The van der Waals surface area contributed by atoms with Crippen molar-refractivity contribution in [2.24, 2.45) is 11.3 Å². The molecule has 3 heteroatoms. The summed E-state index contributed by atoms with van der Waals surface area (Å²) in [6, 6.07) is 0. The van der Waals surface area contributed by atoms with Gasteiger partial charge in [-0.15, -0.1) is 0 Å². The minimum absolute atomic E-state index is 0.227. The van der Waals surface area contributed by atoms with Crippen molar-refractivity contribution < 1.29 is 13.5 Å². The van der Waals surface area contributed by atoms with Gasteiger partial charge in [-0.25, -0.2) is 0 Å². The molecule has 0 saturated heterocycles. The normalized spacial score (nSPS) is 23.6. The molecule has 0 radical (unpaired) electrons. The fraction of sp³-hybridized carbons (Fsp3) is 1.00. The molecule has 1 nitrogen and oxygen atoms in total. The van der Waals surface area contributed by atoms with Crippen LogP contribution in [-0.2, 0) is 4.74 Å². The largest absolute Gasteiger partial charge is 0.358 e. The van der Waals surface area contributed by atoms with E-state index >= 15 is 0 Å². The molecule has 2 rings (SSSR count). The second-order valence-corrected chi connectivity index (χ2v) is 7.79. The molecular weight excluding hydrogens is 270 g/mol. The van der Waals surface area contributed by atoms with Crippen LogP contribution in [0.1, 0.15) is 91.9 Å². The summed E-state index contributed by atoms with van der Waals surface area (Å²) in [6.45, 7) is 7.59. The van der Waals surface area contributed by atoms with Gasteiger partial charge in [0, 0.05) is 0 Å². The minimum atomic E-state index is -2.94. The molecular formula is C18H34F2O. The summed E-state index contributed by atoms with van der Waals surface area (Å²) in [6.07, 6.45) is 8.54. The summed E-state index contributed by atoms with van der Waals surface area (Å²) >= 11 is 0. The van der Waals surface area contributed by atoms with Crippen LogP contribution in [0.3, 0.4) is 0 Å². The Labute approximate surface area is 129 Å². The summed E-state index contributed by atoms with van der Waals surface area (Å²) in [4.78, 5) is 0. The van der Waals surface area contributed by atoms with E-state index in [-0.39, 0.29) is 5.41 Å². The number of rotatable bonds is 3. The molecule has 21 heavy (non-hydrogen) atoms. The summed E-state index contributed by atoms with van der Waals surface area (Å²) in [5.74, 6) is -0.590. The predicted octanol–water partition coefficient (Wildman–Crippen LogP) is 6.56. The summed E-state index contributed by atoms with van der Waals surface area (Å²) in [7, 11) is 0. The third kappa shape index (κ3) is 7.58. The maximum Gasteiger partial charge on any atom is 0.358 e. The lowest BCUT2D eigenvalue weighted by atomic mass is 9.73. The van der Waals surface area contributed by atoms with Crippen LogP contribution < -0.4 is 0 Å². The Morgan fingerprint density at radius 3 is 1.62 bits per heavy atom. The van der Waals surface area contributed by atoms with Gasteiger partial charge in [-0.2, -0.15) is 8.78 Å². The Hall–Kier alpha value is -0.180. The quantitative estimate of drug-likeness (QED) is 0.573. The first-order chi connectivity index (χ1) is 9.73. The molecule has 2 saturated carbocycles. The van der Waals surface area contributed by atoms with Crippen LogP contribution in [0.15, 0.2) is 0 Å².